The third-order valence-corrected chi connectivity index (χ3v) is 17.7. The Morgan fingerprint density at radius 3 is 1.02 bits per heavy atom. The highest BCUT2D eigenvalue weighted by molar-refractivity contribution is 7.47. The van der Waals surface area contributed by atoms with Gasteiger partial charge in [0.15, 0.2) is 0 Å². The molecule has 0 aromatic carbocycles. The number of aliphatic hydroxyl groups excluding tert-OH is 1. The molecule has 3 N–H and O–H groups in total. The number of allylic oxidation sites excluding steroid dienone is 4. The molecule has 80 heavy (non-hydrogen) atoms. The first-order chi connectivity index (χ1) is 39.0. The molecular weight excluding hydrogens is 1010 g/mol. The highest BCUT2D eigenvalue weighted by Crippen LogP contribution is 2.43. The minimum Gasteiger partial charge on any atom is -0.391 e. The van der Waals surface area contributed by atoms with E-state index >= 15 is 0 Å². The molecule has 8 nitrogen and oxygen atoms in total. The molecular formula is C71H142N2O6P+. The van der Waals surface area contributed by atoms with Crippen molar-refractivity contribution in [2.24, 2.45) is 0 Å². The number of phosphoric acid groups is 1. The summed E-state index contributed by atoms with van der Waals surface area (Å²) in [5.41, 5.74) is 0. The van der Waals surface area contributed by atoms with Crippen molar-refractivity contribution < 1.29 is 32.9 Å². The van der Waals surface area contributed by atoms with Crippen LogP contribution in [0.25, 0.3) is 0 Å². The van der Waals surface area contributed by atoms with E-state index in [1.54, 1.807) is 0 Å². The third-order valence-electron chi connectivity index (χ3n) is 16.7. The summed E-state index contributed by atoms with van der Waals surface area (Å²) in [6.45, 7) is 4.93. The lowest BCUT2D eigenvalue weighted by molar-refractivity contribution is -0.870. The molecule has 476 valence electrons. The number of carbonyl (C=O) groups is 1. The van der Waals surface area contributed by atoms with Crippen LogP contribution in [0.3, 0.4) is 0 Å². The van der Waals surface area contributed by atoms with Crippen molar-refractivity contribution in [3.63, 3.8) is 0 Å². The molecule has 0 saturated carbocycles. The van der Waals surface area contributed by atoms with Gasteiger partial charge in [0.25, 0.3) is 0 Å². The van der Waals surface area contributed by atoms with Crippen LogP contribution in [0.2, 0.25) is 0 Å². The molecule has 0 bridgehead atoms. The lowest BCUT2D eigenvalue weighted by atomic mass is 10.0. The number of quaternary nitrogens is 1. The monoisotopic (exact) mass is 1150 g/mol. The predicted molar refractivity (Wildman–Crippen MR) is 351 cm³/mol. The largest absolute Gasteiger partial charge is 0.472 e. The second-order valence-corrected chi connectivity index (χ2v) is 27.4. The van der Waals surface area contributed by atoms with E-state index < -0.39 is 20.0 Å². The summed E-state index contributed by atoms with van der Waals surface area (Å²) >= 11 is 0. The Bertz CT molecular complexity index is 1350. The Morgan fingerprint density at radius 2 is 0.713 bits per heavy atom. The molecule has 1 amide bonds. The van der Waals surface area contributed by atoms with Gasteiger partial charge >= 0.3 is 7.82 Å². The van der Waals surface area contributed by atoms with Gasteiger partial charge in [0.05, 0.1) is 39.9 Å². The number of likely N-dealkylation sites (N-methyl/N-ethyl adjacent to an activating group) is 1. The standard InChI is InChI=1S/C71H141N2O6P/c1-6-8-10-12-14-16-18-20-22-24-25-26-27-28-29-30-31-32-33-34-35-36-37-38-39-40-41-42-43-44-45-46-47-49-51-53-55-57-59-61-63-65-71(75)72-69(68-79-80(76,77)78-67-66-73(3,4)5)70(74)64-62-60-58-56-54-52-50-48-23-21-19-17-15-13-11-9-7-2/h18,20,24-25,69-70,74H,6-17,19,21-23,26-68H2,1-5H3,(H-,72,75,76,77)/p+1/b20-18-,25-24-. The van der Waals surface area contributed by atoms with Gasteiger partial charge in [-0.3, -0.25) is 13.8 Å². The Labute approximate surface area is 500 Å². The second kappa shape index (κ2) is 62.5. The highest BCUT2D eigenvalue weighted by Gasteiger charge is 2.28. The number of rotatable bonds is 67. The van der Waals surface area contributed by atoms with Crippen molar-refractivity contribution in [2.75, 3.05) is 40.9 Å². The minimum atomic E-state index is -4.32. The maximum absolute atomic E-state index is 13.0. The smallest absolute Gasteiger partial charge is 0.391 e. The number of phosphoric ester groups is 1. The average molecular weight is 1150 g/mol. The number of aliphatic hydroxyl groups is 1. The molecule has 0 spiro atoms. The van der Waals surface area contributed by atoms with E-state index in [4.69, 9.17) is 9.05 Å². The SMILES string of the molecule is CCCCCCC/C=C\C/C=C\CCCCCCCCCCCCCCCCCCCCCCCCCCCCCCCC(=O)NC(COP(=O)(O)OCC[N+](C)(C)C)C(O)CCCCCCCCCCCCCCCCCCC. The lowest BCUT2D eigenvalue weighted by Crippen LogP contribution is -2.46. The van der Waals surface area contributed by atoms with E-state index in [1.165, 1.54) is 302 Å². The molecule has 0 aliphatic carbocycles. The Morgan fingerprint density at radius 1 is 0.425 bits per heavy atom. The summed E-state index contributed by atoms with van der Waals surface area (Å²) in [6.07, 6.45) is 81.6. The Kier molecular flexibility index (Phi) is 61.7. The van der Waals surface area contributed by atoms with Crippen LogP contribution in [-0.4, -0.2) is 73.4 Å². The van der Waals surface area contributed by atoms with E-state index in [9.17, 15) is 19.4 Å². The number of hydrogen-bond donors (Lipinski definition) is 3. The maximum atomic E-state index is 13.0. The molecule has 0 heterocycles. The van der Waals surface area contributed by atoms with Crippen LogP contribution in [0.1, 0.15) is 373 Å². The first-order valence-electron chi connectivity index (χ1n) is 35.7. The summed E-state index contributed by atoms with van der Waals surface area (Å²) < 4.78 is 23.9. The summed E-state index contributed by atoms with van der Waals surface area (Å²) in [5.74, 6) is -0.135. The van der Waals surface area contributed by atoms with E-state index in [0.29, 0.717) is 23.9 Å². The van der Waals surface area contributed by atoms with Crippen LogP contribution in [-0.2, 0) is 18.4 Å². The number of carbonyl (C=O) groups excluding carboxylic acids is 1. The van der Waals surface area contributed by atoms with Crippen molar-refractivity contribution in [3.05, 3.63) is 24.3 Å². The molecule has 0 aromatic heterocycles. The molecule has 3 atom stereocenters. The van der Waals surface area contributed by atoms with Crippen LogP contribution >= 0.6 is 7.82 Å². The van der Waals surface area contributed by atoms with E-state index in [-0.39, 0.29) is 19.1 Å². The molecule has 0 rings (SSSR count). The molecule has 3 unspecified atom stereocenters. The van der Waals surface area contributed by atoms with Crippen LogP contribution in [0, 0.1) is 0 Å². The quantitative estimate of drug-likeness (QED) is 0.0243. The van der Waals surface area contributed by atoms with Crippen LogP contribution in [0.4, 0.5) is 0 Å². The zero-order valence-corrected chi connectivity index (χ0v) is 55.5. The fourth-order valence-electron chi connectivity index (χ4n) is 11.1. The zero-order chi connectivity index (χ0) is 58.4. The van der Waals surface area contributed by atoms with Gasteiger partial charge in [-0.2, -0.15) is 0 Å². The Balaban J connectivity index is 3.83. The summed E-state index contributed by atoms with van der Waals surface area (Å²) in [5, 5.41) is 14.1. The first-order valence-corrected chi connectivity index (χ1v) is 37.2. The predicted octanol–water partition coefficient (Wildman–Crippen LogP) is 22.7. The minimum absolute atomic E-state index is 0.0781. The molecule has 0 saturated heterocycles. The van der Waals surface area contributed by atoms with Gasteiger partial charge < -0.3 is 19.8 Å². The van der Waals surface area contributed by atoms with Gasteiger partial charge in [-0.15, -0.1) is 0 Å². The van der Waals surface area contributed by atoms with E-state index in [1.807, 2.05) is 21.1 Å². The summed E-state index contributed by atoms with van der Waals surface area (Å²) in [7, 11) is 1.64. The summed E-state index contributed by atoms with van der Waals surface area (Å²) in [6, 6.07) is -0.757. The molecule has 9 heteroatoms. The van der Waals surface area contributed by atoms with Gasteiger partial charge in [-0.05, 0) is 44.9 Å². The highest BCUT2D eigenvalue weighted by atomic mass is 31.2. The number of hydrogen-bond acceptors (Lipinski definition) is 5. The van der Waals surface area contributed by atoms with Gasteiger partial charge in [0, 0.05) is 6.42 Å². The van der Waals surface area contributed by atoms with Gasteiger partial charge in [0.2, 0.25) is 5.91 Å². The number of unbranched alkanes of at least 4 members (excludes halogenated alkanes) is 50. The molecule has 0 aliphatic heterocycles. The normalized spacial score (nSPS) is 13.7. The lowest BCUT2D eigenvalue weighted by Gasteiger charge is -2.26. The number of nitrogens with zero attached hydrogens (tertiary/aromatic N) is 1. The van der Waals surface area contributed by atoms with Gasteiger partial charge in [0.1, 0.15) is 13.2 Å². The van der Waals surface area contributed by atoms with Crippen LogP contribution < -0.4 is 5.32 Å². The van der Waals surface area contributed by atoms with Crippen molar-refractivity contribution in [1.82, 2.24) is 5.32 Å². The van der Waals surface area contributed by atoms with Gasteiger partial charge in [-0.1, -0.05) is 346 Å². The fraction of sp³-hybridized carbons (Fsp3) is 0.930. The molecule has 0 fully saturated rings. The second-order valence-electron chi connectivity index (χ2n) is 26.0. The van der Waals surface area contributed by atoms with Crippen molar-refractivity contribution >= 4 is 13.7 Å². The third kappa shape index (κ3) is 64.5. The topological polar surface area (TPSA) is 105 Å². The molecule has 0 aliphatic rings. The fourth-order valence-corrected chi connectivity index (χ4v) is 11.9. The van der Waals surface area contributed by atoms with Crippen molar-refractivity contribution in [3.8, 4) is 0 Å². The van der Waals surface area contributed by atoms with Crippen molar-refractivity contribution in [2.45, 2.75) is 386 Å². The first kappa shape index (κ1) is 79.0. The number of amides is 1. The summed E-state index contributed by atoms with van der Waals surface area (Å²) in [4.78, 5) is 23.4. The molecule has 0 aromatic rings. The molecule has 0 radical (unpaired) electrons. The average Bonchev–Trinajstić information content (AvgIpc) is 3.42. The van der Waals surface area contributed by atoms with Crippen molar-refractivity contribution in [1.29, 1.82) is 0 Å². The van der Waals surface area contributed by atoms with Crippen LogP contribution in [0.15, 0.2) is 24.3 Å². The Hall–Kier alpha value is -1.02. The maximum Gasteiger partial charge on any atom is 0.472 e. The van der Waals surface area contributed by atoms with E-state index in [0.717, 1.165) is 44.9 Å². The van der Waals surface area contributed by atoms with E-state index in [2.05, 4.69) is 43.5 Å². The zero-order valence-electron chi connectivity index (χ0n) is 54.6. The van der Waals surface area contributed by atoms with Crippen LogP contribution in [0.5, 0.6) is 0 Å². The van der Waals surface area contributed by atoms with Gasteiger partial charge in [-0.25, -0.2) is 4.57 Å². The number of nitrogens with one attached hydrogen (secondary N) is 1.